The maximum Gasteiger partial charge on any atom is 0.315 e. The molecule has 1 amide bonds. The van der Waals surface area contributed by atoms with E-state index in [1.54, 1.807) is 102 Å². The number of amidine groups is 3. The third kappa shape index (κ3) is 23.7. The number of ether oxygens (including phenoxy) is 14. The molecule has 0 spiro atoms. The number of nitro benzene ring substituents is 2. The number of carbonyl (C=O) groups is 4. The summed E-state index contributed by atoms with van der Waals surface area (Å²) in [5.74, 6) is -7.62. The van der Waals surface area contributed by atoms with Gasteiger partial charge in [-0.25, -0.2) is 82.6 Å². The van der Waals surface area contributed by atoms with Crippen LogP contribution in [0.25, 0.3) is 0 Å². The van der Waals surface area contributed by atoms with Crippen LogP contribution in [0.1, 0.15) is 111 Å². The summed E-state index contributed by atoms with van der Waals surface area (Å²) in [6.45, 7) is 7.53. The van der Waals surface area contributed by atoms with Crippen molar-refractivity contribution < 1.29 is 148 Å². The number of esters is 2. The van der Waals surface area contributed by atoms with Crippen LogP contribution in [-0.4, -0.2) is 245 Å². The zero-order valence-corrected chi connectivity index (χ0v) is 81.2. The van der Waals surface area contributed by atoms with Crippen LogP contribution in [0.2, 0.25) is 0 Å². The lowest BCUT2D eigenvalue weighted by molar-refractivity contribution is -0.385. The van der Waals surface area contributed by atoms with Crippen molar-refractivity contribution in [2.45, 2.75) is 149 Å². The number of rotatable bonds is 22. The van der Waals surface area contributed by atoms with E-state index in [-0.39, 0.29) is 194 Å². The molecule has 3 radical (unpaired) electrons. The minimum atomic E-state index is -1.43. The number of anilines is 2. The van der Waals surface area contributed by atoms with Crippen LogP contribution >= 0.6 is 0 Å². The maximum atomic E-state index is 14.7. The molecule has 793 valence electrons. The van der Waals surface area contributed by atoms with Crippen molar-refractivity contribution in [3.05, 3.63) is 246 Å². The molecule has 12 heterocycles. The highest BCUT2D eigenvalue weighted by atomic mass is 19.2. The van der Waals surface area contributed by atoms with Gasteiger partial charge < -0.3 is 94.6 Å². The van der Waals surface area contributed by atoms with Crippen LogP contribution < -0.4 is 28.3 Å². The van der Waals surface area contributed by atoms with Crippen molar-refractivity contribution in [2.75, 3.05) is 130 Å². The van der Waals surface area contributed by atoms with Crippen molar-refractivity contribution in [1.82, 2.24) is 0 Å². The molecule has 6 fully saturated rings. The van der Waals surface area contributed by atoms with Crippen LogP contribution in [0.5, 0.6) is 0 Å². The SMILES string of the molecule is CC(=O)Nc1ccc(F)c([C@]23COC(CF)[C@H]2COC(N)=N3)c1.CC(C)(C)OC(=O)CC1=N[C@@]2(c3cc(N)ccc3F)COC(CF)[C@H]2CO1.CC(C)(C)OC(=O)CC1=N[C@@]2(c3cc([N+](=O)[O-])ccc3F)COC(CF)[C@H]2CO1.NC1=N[C@@]2(c3cc([N+](=O)[O-])ccc3F)COC(CF)[C@H]2CO1.NC1=N[C@@]2(c3ccccc3F)COC(CF)[C@H]2CO1.O=C(CC1=N[C@@]2(c3ccccc3F)COC(CF)[C@H]2CO1)c1ccccc1.[B]. The Labute approximate surface area is 842 Å². The van der Waals surface area contributed by atoms with Gasteiger partial charge in [0.25, 0.3) is 29.4 Å². The largest absolute Gasteiger partial charge is 0.480 e. The molecule has 48 heteroatoms. The predicted molar refractivity (Wildman–Crippen MR) is 511 cm³/mol. The van der Waals surface area contributed by atoms with Gasteiger partial charge in [-0.3, -0.25) is 39.4 Å². The monoisotopic (exact) mass is 2080 g/mol. The Morgan fingerprint density at radius 3 is 0.973 bits per heavy atom. The number of ketones is 1. The normalized spacial score (nSPS) is 28.5. The highest BCUT2D eigenvalue weighted by Crippen LogP contribution is 2.54. The minimum absolute atomic E-state index is 0. The van der Waals surface area contributed by atoms with E-state index in [0.717, 1.165) is 36.4 Å². The number of benzene rings is 7. The quantitative estimate of drug-likeness (QED) is 0.00800. The summed E-state index contributed by atoms with van der Waals surface area (Å²) >= 11 is 0. The first kappa shape index (κ1) is 112. The number of nitrogens with one attached hydrogen (secondary N) is 1. The third-order valence-corrected chi connectivity index (χ3v) is 26.8. The molecule has 7 aromatic carbocycles. The molecule has 7 aromatic rings. The summed E-state index contributed by atoms with van der Waals surface area (Å²) in [6, 6.07) is 35.7. The topological polar surface area (TPSA) is 474 Å². The van der Waals surface area contributed by atoms with Gasteiger partial charge in [-0.2, -0.15) is 0 Å². The van der Waals surface area contributed by atoms with Crippen molar-refractivity contribution in [1.29, 1.82) is 0 Å². The van der Waals surface area contributed by atoms with Gasteiger partial charge in [-0.05, 0) is 102 Å². The predicted octanol–water partition coefficient (Wildman–Crippen LogP) is 13.1. The number of amides is 1. The number of aliphatic imine (C=N–C) groups is 6. The number of nitro groups is 2. The number of non-ortho nitro benzene ring substituents is 2. The van der Waals surface area contributed by atoms with Gasteiger partial charge in [-0.1, -0.05) is 66.7 Å². The average molecular weight is 2080 g/mol. The fourth-order valence-electron chi connectivity index (χ4n) is 19.9. The van der Waals surface area contributed by atoms with E-state index in [2.05, 4.69) is 35.3 Å². The highest BCUT2D eigenvalue weighted by molar-refractivity contribution is 6.07. The van der Waals surface area contributed by atoms with Crippen molar-refractivity contribution in [3.8, 4) is 0 Å². The van der Waals surface area contributed by atoms with E-state index in [9.17, 15) is 92.1 Å². The second-order valence-corrected chi connectivity index (χ2v) is 38.3. The lowest BCUT2D eigenvalue weighted by Gasteiger charge is -2.36. The zero-order chi connectivity index (χ0) is 106. The van der Waals surface area contributed by atoms with Gasteiger partial charge in [0, 0.05) is 89.9 Å². The Morgan fingerprint density at radius 2 is 0.649 bits per heavy atom. The van der Waals surface area contributed by atoms with Gasteiger partial charge in [0.2, 0.25) is 5.91 Å². The standard InChI is InChI=1S/C21H19F2NO3.C19H22F2N2O6.C19H24F2N2O4.C15H17F2N3O3.C13H13F2N3O4.C13H14F2N2O2.B/c22-11-19-16-12-26-20(10-18(25)14-6-2-1-3-7-14)24-21(16,13-27-19)15-8-4-5-9-17(15)23;1-18(2,3)29-17(24)7-16-22-19(10-28-15(8-20)13(19)9-27-16)12-6-11(23(25)26)4-5-14(12)21;1-18(2,3)27-17(24)7-16-23-19(12-6-11(22)4-5-14(12)21)10-26-15(8-20)13(19)9-25-16;1-8(21)19-9-2-3-12(17)10(4-9)15-7-23-13(5-16)11(15)6-22-14(18)20-15;14-4-11-9-5-21-12(16)17-13(9,6-22-11)8-3-7(18(19)20)1-2-10(8)15;14-5-11-9-6-18-12(16)17-13(9,7-19-11)8-3-1-2-4-10(8)15;/h1-9,16,19H,10-13H2;4-6,13,15H,7-10H2,1-3H3;4-6,13,15H,7-10,22H2,1-3H3;2-4,11,13H,5-7H2,1H3,(H2,18,20)(H,19,21);1-3,9,11H,4-6H2,(H2,16,17);1-4,9,11H,5-7H2,(H2,16,17);/t16-,19?,21-;2*13-,15?,19-;11-,13?,15-;2*9-,11?,13-;/m111111./s1. The summed E-state index contributed by atoms with van der Waals surface area (Å²) in [4.78, 5) is 95.0. The van der Waals surface area contributed by atoms with Gasteiger partial charge in [0.05, 0.1) is 168 Å². The smallest absolute Gasteiger partial charge is 0.315 e. The summed E-state index contributed by atoms with van der Waals surface area (Å²) < 4.78 is 242. The molecule has 19 rings (SSSR count). The van der Waals surface area contributed by atoms with E-state index in [0.29, 0.717) is 28.1 Å². The molecule has 0 aliphatic carbocycles. The van der Waals surface area contributed by atoms with Gasteiger partial charge in [0.1, 0.15) is 132 Å². The van der Waals surface area contributed by atoms with E-state index in [1.165, 1.54) is 55.5 Å². The second-order valence-electron chi connectivity index (χ2n) is 38.3. The van der Waals surface area contributed by atoms with Crippen LogP contribution in [0, 0.1) is 90.6 Å². The first-order chi connectivity index (χ1) is 69.9. The first-order valence-electron chi connectivity index (χ1n) is 46.6. The highest BCUT2D eigenvalue weighted by Gasteiger charge is 2.62. The number of hydrogen-bond acceptors (Lipinski definition) is 32. The molecule has 12 aliphatic heterocycles. The number of hydrogen-bond donors (Lipinski definition) is 5. The maximum absolute atomic E-state index is 14.7. The third-order valence-electron chi connectivity index (χ3n) is 26.8. The summed E-state index contributed by atoms with van der Waals surface area (Å²) in [7, 11) is 0. The van der Waals surface area contributed by atoms with Crippen LogP contribution in [0.15, 0.2) is 182 Å². The molecule has 148 heavy (non-hydrogen) atoms. The molecule has 0 bridgehead atoms. The van der Waals surface area contributed by atoms with Crippen LogP contribution in [0.3, 0.4) is 0 Å². The average Bonchev–Trinajstić information content (AvgIpc) is 1.60. The zero-order valence-electron chi connectivity index (χ0n) is 81.2. The molecule has 18 atom stereocenters. The molecular formula is C100H109BF12N13O22. The lowest BCUT2D eigenvalue weighted by Crippen LogP contribution is -2.45. The molecule has 12 aliphatic rings. The van der Waals surface area contributed by atoms with Crippen LogP contribution in [-0.2, 0) is 114 Å². The first-order valence-corrected chi connectivity index (χ1v) is 46.6. The van der Waals surface area contributed by atoms with E-state index < -0.39 is 207 Å². The van der Waals surface area contributed by atoms with E-state index in [4.69, 9.17) is 89.3 Å². The molecule has 0 aromatic heterocycles. The fraction of sp³-hybridized carbons (Fsp3) is 0.480. The number of halogens is 12. The van der Waals surface area contributed by atoms with Crippen LogP contribution in [0.4, 0.5) is 75.4 Å². The molecule has 0 saturated carbocycles. The molecule has 35 nitrogen and oxygen atoms in total. The van der Waals surface area contributed by atoms with Gasteiger partial charge >= 0.3 is 11.9 Å². The van der Waals surface area contributed by atoms with Crippen molar-refractivity contribution in [2.24, 2.45) is 82.7 Å². The molecule has 9 N–H and O–H groups in total. The number of alkyl halides is 6. The second kappa shape index (κ2) is 46.5. The van der Waals surface area contributed by atoms with E-state index in [1.807, 2.05) is 6.07 Å². The fourth-order valence-corrected chi connectivity index (χ4v) is 19.9. The number of nitrogens with zero attached hydrogens (tertiary/aromatic N) is 8. The van der Waals surface area contributed by atoms with Gasteiger partial charge in [-0.15, -0.1) is 0 Å². The van der Waals surface area contributed by atoms with Crippen molar-refractivity contribution in [3.63, 3.8) is 0 Å². The van der Waals surface area contributed by atoms with E-state index >= 15 is 0 Å². The number of carbonyl (C=O) groups excluding carboxylic acids is 4. The lowest BCUT2D eigenvalue weighted by atomic mass is 9.77. The Balaban J connectivity index is 0.000000149. The molecule has 6 unspecified atom stereocenters. The molecule has 6 saturated heterocycles. The summed E-state index contributed by atoms with van der Waals surface area (Å²) in [5.41, 5.74) is 15.9. The summed E-state index contributed by atoms with van der Waals surface area (Å²) in [6.07, 6.45) is -5.12. The number of Topliss-reactive ketones (excluding diaryl/α,β-unsaturated/α-hetero) is 1. The van der Waals surface area contributed by atoms with Gasteiger partial charge in [0.15, 0.2) is 23.5 Å². The number of fused-ring (bicyclic) bond motifs is 6. The minimum Gasteiger partial charge on any atom is -0.480 e. The summed E-state index contributed by atoms with van der Waals surface area (Å²) in [5, 5.41) is 24.7. The Hall–Kier alpha value is -13.6. The van der Waals surface area contributed by atoms with Crippen molar-refractivity contribution >= 4 is 90.5 Å². The Morgan fingerprint density at radius 1 is 0.372 bits per heavy atom. The number of nitrogens with two attached hydrogens (primary N) is 4. The Bertz CT molecular complexity index is 6220. The Kier molecular flexibility index (Phi) is 35.0. The number of nitrogen functional groups attached to an aromatic ring is 1. The molecular weight excluding hydrogens is 1970 g/mol.